The fourth-order valence-electron chi connectivity index (χ4n) is 2.17. The minimum Gasteiger partial charge on any atom is -0.378 e. The van der Waals surface area contributed by atoms with E-state index in [1.807, 2.05) is 0 Å². The van der Waals surface area contributed by atoms with Crippen LogP contribution in [0.5, 0.6) is 0 Å². The van der Waals surface area contributed by atoms with Crippen LogP contribution < -0.4 is 5.32 Å². The second-order valence-corrected chi connectivity index (χ2v) is 4.30. The van der Waals surface area contributed by atoms with Crippen LogP contribution in [0.15, 0.2) is 0 Å². The molecule has 14 heavy (non-hydrogen) atoms. The van der Waals surface area contributed by atoms with E-state index >= 15 is 0 Å². The third-order valence-corrected chi connectivity index (χ3v) is 3.28. The Morgan fingerprint density at radius 2 is 2.00 bits per heavy atom. The molecular formula is C12H25NO. The summed E-state index contributed by atoms with van der Waals surface area (Å²) in [6.45, 7) is 7.68. The van der Waals surface area contributed by atoms with Gasteiger partial charge in [0, 0.05) is 18.7 Å². The molecule has 0 amide bonds. The van der Waals surface area contributed by atoms with Gasteiger partial charge in [-0.05, 0) is 32.1 Å². The van der Waals surface area contributed by atoms with Gasteiger partial charge < -0.3 is 10.1 Å². The van der Waals surface area contributed by atoms with Crippen molar-refractivity contribution in [1.29, 1.82) is 0 Å². The largest absolute Gasteiger partial charge is 0.378 e. The van der Waals surface area contributed by atoms with Crippen molar-refractivity contribution in [1.82, 2.24) is 5.32 Å². The van der Waals surface area contributed by atoms with Crippen LogP contribution in [0.2, 0.25) is 0 Å². The first kappa shape index (κ1) is 12.0. The van der Waals surface area contributed by atoms with E-state index in [1.54, 1.807) is 0 Å². The van der Waals surface area contributed by atoms with Crippen LogP contribution in [0, 0.1) is 0 Å². The molecule has 0 bridgehead atoms. The van der Waals surface area contributed by atoms with Crippen LogP contribution in [0.4, 0.5) is 0 Å². The first-order valence-corrected chi connectivity index (χ1v) is 6.17. The predicted octanol–water partition coefficient (Wildman–Crippen LogP) is 2.72. The van der Waals surface area contributed by atoms with E-state index in [9.17, 15) is 0 Å². The van der Waals surface area contributed by atoms with Gasteiger partial charge in [0.15, 0.2) is 0 Å². The molecule has 0 aromatic carbocycles. The van der Waals surface area contributed by atoms with Crippen LogP contribution in [-0.4, -0.2) is 24.8 Å². The Morgan fingerprint density at radius 1 is 1.29 bits per heavy atom. The molecule has 0 saturated carbocycles. The topological polar surface area (TPSA) is 21.3 Å². The summed E-state index contributed by atoms with van der Waals surface area (Å²) in [5.41, 5.74) is 0. The van der Waals surface area contributed by atoms with Crippen molar-refractivity contribution < 1.29 is 4.74 Å². The van der Waals surface area contributed by atoms with Crippen molar-refractivity contribution in [3.8, 4) is 0 Å². The van der Waals surface area contributed by atoms with Gasteiger partial charge in [-0.3, -0.25) is 0 Å². The third kappa shape index (κ3) is 3.58. The van der Waals surface area contributed by atoms with E-state index in [4.69, 9.17) is 4.74 Å². The van der Waals surface area contributed by atoms with E-state index in [1.165, 1.54) is 25.7 Å². The van der Waals surface area contributed by atoms with Crippen molar-refractivity contribution in [2.45, 2.75) is 71.1 Å². The van der Waals surface area contributed by atoms with Crippen molar-refractivity contribution in [2.75, 3.05) is 6.61 Å². The molecule has 0 spiro atoms. The molecule has 84 valence electrons. The van der Waals surface area contributed by atoms with Gasteiger partial charge in [0.1, 0.15) is 0 Å². The highest BCUT2D eigenvalue weighted by molar-refractivity contribution is 4.79. The van der Waals surface area contributed by atoms with Gasteiger partial charge >= 0.3 is 0 Å². The fraction of sp³-hybridized carbons (Fsp3) is 1.00. The molecule has 0 radical (unpaired) electrons. The highest BCUT2D eigenvalue weighted by atomic mass is 16.5. The summed E-state index contributed by atoms with van der Waals surface area (Å²) in [7, 11) is 0. The molecule has 2 atom stereocenters. The smallest absolute Gasteiger partial charge is 0.0587 e. The molecule has 1 N–H and O–H groups in total. The minimum atomic E-state index is 0.496. The fourth-order valence-corrected chi connectivity index (χ4v) is 2.17. The quantitative estimate of drug-likeness (QED) is 0.735. The van der Waals surface area contributed by atoms with Gasteiger partial charge in [0.25, 0.3) is 0 Å². The average molecular weight is 199 g/mol. The van der Waals surface area contributed by atoms with E-state index in [0.29, 0.717) is 18.2 Å². The van der Waals surface area contributed by atoms with Gasteiger partial charge in [0.2, 0.25) is 0 Å². The van der Waals surface area contributed by atoms with Crippen molar-refractivity contribution in [3.05, 3.63) is 0 Å². The highest BCUT2D eigenvalue weighted by Crippen LogP contribution is 2.17. The molecule has 1 aliphatic heterocycles. The van der Waals surface area contributed by atoms with Gasteiger partial charge in [-0.1, -0.05) is 20.8 Å². The van der Waals surface area contributed by atoms with Gasteiger partial charge in [-0.15, -0.1) is 0 Å². The summed E-state index contributed by atoms with van der Waals surface area (Å²) in [6.07, 6.45) is 6.52. The van der Waals surface area contributed by atoms with Gasteiger partial charge in [0.05, 0.1) is 6.10 Å². The number of hydrogen-bond acceptors (Lipinski definition) is 2. The standard InChI is InChI=1S/C12H25NO/c1-4-10(5-2)13-11-7-8-14-12(6-3)9-11/h10-13H,4-9H2,1-3H3. The number of nitrogens with one attached hydrogen (secondary N) is 1. The van der Waals surface area contributed by atoms with Crippen molar-refractivity contribution in [2.24, 2.45) is 0 Å². The average Bonchev–Trinajstić information content (AvgIpc) is 2.26. The highest BCUT2D eigenvalue weighted by Gasteiger charge is 2.22. The van der Waals surface area contributed by atoms with Crippen LogP contribution in [0.1, 0.15) is 52.9 Å². The second kappa shape index (κ2) is 6.41. The maximum Gasteiger partial charge on any atom is 0.0587 e. The Balaban J connectivity index is 2.29. The summed E-state index contributed by atoms with van der Waals surface area (Å²) < 4.78 is 5.67. The Bertz CT molecular complexity index is 145. The number of rotatable bonds is 5. The molecule has 0 aliphatic carbocycles. The number of ether oxygens (including phenoxy) is 1. The van der Waals surface area contributed by atoms with Gasteiger partial charge in [-0.2, -0.15) is 0 Å². The first-order valence-electron chi connectivity index (χ1n) is 6.17. The Hall–Kier alpha value is -0.0800. The summed E-state index contributed by atoms with van der Waals surface area (Å²) in [6, 6.07) is 1.40. The SMILES string of the molecule is CCC(CC)NC1CCOC(CC)C1. The zero-order valence-corrected chi connectivity index (χ0v) is 9.88. The lowest BCUT2D eigenvalue weighted by molar-refractivity contribution is -0.00210. The van der Waals surface area contributed by atoms with Crippen LogP contribution in [0.25, 0.3) is 0 Å². The molecule has 2 nitrogen and oxygen atoms in total. The monoisotopic (exact) mass is 199 g/mol. The minimum absolute atomic E-state index is 0.496. The Morgan fingerprint density at radius 3 is 2.57 bits per heavy atom. The molecule has 0 aromatic rings. The maximum absolute atomic E-state index is 5.67. The lowest BCUT2D eigenvalue weighted by Crippen LogP contribution is -2.43. The summed E-state index contributed by atoms with van der Waals surface area (Å²) in [5, 5.41) is 3.74. The third-order valence-electron chi connectivity index (χ3n) is 3.28. The summed E-state index contributed by atoms with van der Waals surface area (Å²) >= 11 is 0. The number of hydrogen-bond donors (Lipinski definition) is 1. The maximum atomic E-state index is 5.67. The molecule has 0 aromatic heterocycles. The molecular weight excluding hydrogens is 174 g/mol. The van der Waals surface area contributed by atoms with Crippen molar-refractivity contribution >= 4 is 0 Å². The lowest BCUT2D eigenvalue weighted by atomic mass is 10.00. The lowest BCUT2D eigenvalue weighted by Gasteiger charge is -2.32. The van der Waals surface area contributed by atoms with Crippen LogP contribution >= 0.6 is 0 Å². The van der Waals surface area contributed by atoms with Crippen LogP contribution in [-0.2, 0) is 4.74 Å². The zero-order valence-electron chi connectivity index (χ0n) is 9.88. The van der Waals surface area contributed by atoms with Gasteiger partial charge in [-0.25, -0.2) is 0 Å². The molecule has 1 saturated heterocycles. The molecule has 1 fully saturated rings. The Kier molecular flexibility index (Phi) is 5.49. The van der Waals surface area contributed by atoms with E-state index in [0.717, 1.165) is 13.0 Å². The van der Waals surface area contributed by atoms with Crippen LogP contribution in [0.3, 0.4) is 0 Å². The van der Waals surface area contributed by atoms with E-state index < -0.39 is 0 Å². The molecule has 2 unspecified atom stereocenters. The summed E-state index contributed by atoms with van der Waals surface area (Å²) in [4.78, 5) is 0. The van der Waals surface area contributed by atoms with E-state index in [2.05, 4.69) is 26.1 Å². The Labute approximate surface area is 88.4 Å². The summed E-state index contributed by atoms with van der Waals surface area (Å²) in [5.74, 6) is 0. The first-order chi connectivity index (χ1) is 6.80. The molecule has 1 rings (SSSR count). The van der Waals surface area contributed by atoms with Crippen molar-refractivity contribution in [3.63, 3.8) is 0 Å². The normalized spacial score (nSPS) is 28.3. The zero-order chi connectivity index (χ0) is 10.4. The predicted molar refractivity (Wildman–Crippen MR) is 60.6 cm³/mol. The molecule has 2 heteroatoms. The molecule has 1 aliphatic rings. The molecule has 1 heterocycles. The van der Waals surface area contributed by atoms with E-state index in [-0.39, 0.29) is 0 Å². The second-order valence-electron chi connectivity index (χ2n) is 4.30.